The average Bonchev–Trinajstić information content (AvgIpc) is 2.39. The molecule has 20 heavy (non-hydrogen) atoms. The topological polar surface area (TPSA) is 58.2 Å². The zero-order chi connectivity index (χ0) is 15.1. The van der Waals surface area contributed by atoms with E-state index in [0.29, 0.717) is 17.4 Å². The van der Waals surface area contributed by atoms with Crippen molar-refractivity contribution >= 4 is 23.7 Å². The molecule has 1 unspecified atom stereocenters. The quantitative estimate of drug-likeness (QED) is 0.822. The standard InChI is InChI=1S/C14H19FN2O2S/c1-9(2)8-16-14(19)17-13(18)10(3)20-12-7-5-4-6-11(12)15/h4-7,9-10H,8H2,1-3H3,(H2,16,17,18,19). The van der Waals surface area contributed by atoms with Crippen molar-refractivity contribution in [2.24, 2.45) is 5.92 Å². The number of hydrogen-bond acceptors (Lipinski definition) is 3. The summed E-state index contributed by atoms with van der Waals surface area (Å²) in [6.45, 7) is 6.04. The van der Waals surface area contributed by atoms with Gasteiger partial charge in [-0.05, 0) is 25.0 Å². The predicted octanol–water partition coefficient (Wildman–Crippen LogP) is 2.79. The highest BCUT2D eigenvalue weighted by Gasteiger charge is 2.18. The Morgan fingerprint density at radius 3 is 2.50 bits per heavy atom. The first kappa shape index (κ1) is 16.5. The van der Waals surface area contributed by atoms with Crippen molar-refractivity contribution in [2.45, 2.75) is 30.9 Å². The van der Waals surface area contributed by atoms with Crippen molar-refractivity contribution in [1.82, 2.24) is 10.6 Å². The van der Waals surface area contributed by atoms with Gasteiger partial charge in [0.15, 0.2) is 0 Å². The predicted molar refractivity (Wildman–Crippen MR) is 78.1 cm³/mol. The van der Waals surface area contributed by atoms with E-state index in [1.54, 1.807) is 25.1 Å². The first-order chi connectivity index (χ1) is 9.40. The zero-order valence-corrected chi connectivity index (χ0v) is 12.6. The lowest BCUT2D eigenvalue weighted by atomic mass is 10.2. The van der Waals surface area contributed by atoms with Crippen LogP contribution in [0.1, 0.15) is 20.8 Å². The molecule has 0 saturated carbocycles. The number of hydrogen-bond donors (Lipinski definition) is 2. The van der Waals surface area contributed by atoms with Gasteiger partial charge in [0.05, 0.1) is 5.25 Å². The monoisotopic (exact) mass is 298 g/mol. The molecule has 2 N–H and O–H groups in total. The fraction of sp³-hybridized carbons (Fsp3) is 0.429. The maximum absolute atomic E-state index is 13.5. The number of urea groups is 1. The van der Waals surface area contributed by atoms with Crippen molar-refractivity contribution in [1.29, 1.82) is 0 Å². The van der Waals surface area contributed by atoms with Gasteiger partial charge in [0, 0.05) is 11.4 Å². The Hall–Kier alpha value is -1.56. The summed E-state index contributed by atoms with van der Waals surface area (Å²) in [7, 11) is 0. The maximum atomic E-state index is 13.5. The third kappa shape index (κ3) is 5.61. The molecule has 0 aliphatic carbocycles. The molecule has 3 amide bonds. The van der Waals surface area contributed by atoms with E-state index in [1.165, 1.54) is 6.07 Å². The zero-order valence-electron chi connectivity index (χ0n) is 11.8. The van der Waals surface area contributed by atoms with Gasteiger partial charge >= 0.3 is 6.03 Å². The second-order valence-electron chi connectivity index (χ2n) is 4.78. The molecule has 0 radical (unpaired) electrons. The molecule has 1 rings (SSSR count). The Balaban J connectivity index is 2.47. The summed E-state index contributed by atoms with van der Waals surface area (Å²) in [4.78, 5) is 23.6. The molecular formula is C14H19FN2O2S. The van der Waals surface area contributed by atoms with E-state index < -0.39 is 17.2 Å². The van der Waals surface area contributed by atoms with Crippen molar-refractivity contribution in [3.8, 4) is 0 Å². The average molecular weight is 298 g/mol. The number of thioether (sulfide) groups is 1. The summed E-state index contributed by atoms with van der Waals surface area (Å²) in [5.74, 6) is -0.512. The van der Waals surface area contributed by atoms with E-state index in [4.69, 9.17) is 0 Å². The van der Waals surface area contributed by atoms with Crippen molar-refractivity contribution < 1.29 is 14.0 Å². The summed E-state index contributed by atoms with van der Waals surface area (Å²) in [6.07, 6.45) is 0. The van der Waals surface area contributed by atoms with Crippen LogP contribution < -0.4 is 10.6 Å². The number of benzene rings is 1. The second kappa shape index (κ2) is 7.89. The van der Waals surface area contributed by atoms with Crippen LogP contribution in [0.25, 0.3) is 0 Å². The van der Waals surface area contributed by atoms with Gasteiger partial charge in [-0.25, -0.2) is 9.18 Å². The van der Waals surface area contributed by atoms with Gasteiger partial charge in [-0.2, -0.15) is 0 Å². The van der Waals surface area contributed by atoms with Crippen molar-refractivity contribution in [3.05, 3.63) is 30.1 Å². The van der Waals surface area contributed by atoms with Gasteiger partial charge in [-0.15, -0.1) is 11.8 Å². The SMILES string of the molecule is CC(C)CNC(=O)NC(=O)C(C)Sc1ccccc1F. The van der Waals surface area contributed by atoms with Gasteiger partial charge in [0.1, 0.15) is 5.82 Å². The molecule has 4 nitrogen and oxygen atoms in total. The van der Waals surface area contributed by atoms with Gasteiger partial charge in [-0.1, -0.05) is 26.0 Å². The first-order valence-electron chi connectivity index (χ1n) is 6.40. The number of nitrogens with one attached hydrogen (secondary N) is 2. The molecule has 6 heteroatoms. The van der Waals surface area contributed by atoms with Crippen molar-refractivity contribution in [2.75, 3.05) is 6.54 Å². The molecule has 1 aromatic carbocycles. The van der Waals surface area contributed by atoms with E-state index in [1.807, 2.05) is 13.8 Å². The van der Waals surface area contributed by atoms with Crippen LogP contribution in [0.5, 0.6) is 0 Å². The van der Waals surface area contributed by atoms with E-state index in [2.05, 4.69) is 10.6 Å². The highest BCUT2D eigenvalue weighted by molar-refractivity contribution is 8.00. The summed E-state index contributed by atoms with van der Waals surface area (Å²) < 4.78 is 13.5. The molecular weight excluding hydrogens is 279 g/mol. The lowest BCUT2D eigenvalue weighted by Crippen LogP contribution is -2.43. The molecule has 110 valence electrons. The van der Waals surface area contributed by atoms with Crippen LogP contribution in [-0.2, 0) is 4.79 Å². The van der Waals surface area contributed by atoms with E-state index in [-0.39, 0.29) is 5.82 Å². The fourth-order valence-electron chi connectivity index (χ4n) is 1.34. The Bertz CT molecular complexity index is 480. The Morgan fingerprint density at radius 1 is 1.25 bits per heavy atom. The minimum atomic E-state index is -0.559. The van der Waals surface area contributed by atoms with Crippen LogP contribution in [-0.4, -0.2) is 23.7 Å². The number of carbonyl (C=O) groups is 2. The normalized spacial score (nSPS) is 12.1. The summed E-state index contributed by atoms with van der Waals surface area (Å²) in [6, 6.07) is 5.70. The molecule has 1 aromatic rings. The number of amides is 3. The highest BCUT2D eigenvalue weighted by atomic mass is 32.2. The van der Waals surface area contributed by atoms with Gasteiger partial charge in [0.25, 0.3) is 0 Å². The minimum absolute atomic E-state index is 0.307. The second-order valence-corrected chi connectivity index (χ2v) is 6.17. The number of rotatable bonds is 5. The lowest BCUT2D eigenvalue weighted by molar-refractivity contribution is -0.119. The van der Waals surface area contributed by atoms with Gasteiger partial charge in [0.2, 0.25) is 5.91 Å². The fourth-order valence-corrected chi connectivity index (χ4v) is 2.22. The molecule has 1 atom stereocenters. The van der Waals surface area contributed by atoms with Crippen LogP contribution in [0.15, 0.2) is 29.2 Å². The molecule has 0 bridgehead atoms. The smallest absolute Gasteiger partial charge is 0.321 e. The van der Waals surface area contributed by atoms with Crippen LogP contribution >= 0.6 is 11.8 Å². The number of halogens is 1. The third-order valence-electron chi connectivity index (χ3n) is 2.42. The molecule has 0 aliphatic rings. The molecule has 0 spiro atoms. The Kier molecular flexibility index (Phi) is 6.51. The summed E-state index contributed by atoms with van der Waals surface area (Å²) >= 11 is 1.08. The van der Waals surface area contributed by atoms with Crippen LogP contribution in [0.4, 0.5) is 9.18 Å². The largest absolute Gasteiger partial charge is 0.338 e. The Morgan fingerprint density at radius 2 is 1.90 bits per heavy atom. The summed E-state index contributed by atoms with van der Waals surface area (Å²) in [5.41, 5.74) is 0. The van der Waals surface area contributed by atoms with Crippen LogP contribution in [0.2, 0.25) is 0 Å². The first-order valence-corrected chi connectivity index (χ1v) is 7.28. The van der Waals surface area contributed by atoms with Crippen molar-refractivity contribution in [3.63, 3.8) is 0 Å². The third-order valence-corrected chi connectivity index (χ3v) is 3.57. The van der Waals surface area contributed by atoms with Gasteiger partial charge < -0.3 is 5.32 Å². The number of imide groups is 1. The van der Waals surface area contributed by atoms with Crippen LogP contribution in [0, 0.1) is 11.7 Å². The number of carbonyl (C=O) groups excluding carboxylic acids is 2. The molecule has 0 aliphatic heterocycles. The maximum Gasteiger partial charge on any atom is 0.321 e. The van der Waals surface area contributed by atoms with Gasteiger partial charge in [-0.3, -0.25) is 10.1 Å². The Labute approximate surface area is 122 Å². The molecule has 0 aromatic heterocycles. The lowest BCUT2D eigenvalue weighted by Gasteiger charge is -2.13. The van der Waals surface area contributed by atoms with E-state index >= 15 is 0 Å². The van der Waals surface area contributed by atoms with E-state index in [0.717, 1.165) is 11.8 Å². The molecule has 0 heterocycles. The highest BCUT2D eigenvalue weighted by Crippen LogP contribution is 2.25. The molecule has 0 fully saturated rings. The summed E-state index contributed by atoms with van der Waals surface area (Å²) in [5, 5.41) is 4.27. The molecule has 0 saturated heterocycles. The van der Waals surface area contributed by atoms with Crippen LogP contribution in [0.3, 0.4) is 0 Å². The van der Waals surface area contributed by atoms with E-state index in [9.17, 15) is 14.0 Å². The minimum Gasteiger partial charge on any atom is -0.338 e.